The minimum absolute atomic E-state index is 0.105. The van der Waals surface area contributed by atoms with Gasteiger partial charge in [0.15, 0.2) is 0 Å². The van der Waals surface area contributed by atoms with Gasteiger partial charge in [0.05, 0.1) is 0 Å². The normalized spacial score (nSPS) is 11.6. The molecule has 0 aliphatic carbocycles. The third kappa shape index (κ3) is 28.3. The van der Waals surface area contributed by atoms with Gasteiger partial charge in [0.2, 0.25) is 11.8 Å². The molecule has 0 bridgehead atoms. The van der Waals surface area contributed by atoms with Crippen LogP contribution in [0.3, 0.4) is 0 Å². The molecular formula is C28H54N2O4. The van der Waals surface area contributed by atoms with Crippen LogP contribution < -0.4 is 11.5 Å². The minimum atomic E-state index is -0.332. The SMILES string of the molecule is CC(=O)CCC(C)C(N)=O.CC(C)C(=O)CCCCCCCCCCCCCCCCC(N)=O. The van der Waals surface area contributed by atoms with Crippen LogP contribution >= 0.6 is 0 Å². The molecule has 34 heavy (non-hydrogen) atoms. The van der Waals surface area contributed by atoms with E-state index in [0.717, 1.165) is 25.7 Å². The van der Waals surface area contributed by atoms with Crippen molar-refractivity contribution in [2.75, 3.05) is 0 Å². The first-order valence-electron chi connectivity index (χ1n) is 13.7. The van der Waals surface area contributed by atoms with Crippen LogP contribution in [0.1, 0.15) is 143 Å². The summed E-state index contributed by atoms with van der Waals surface area (Å²) >= 11 is 0. The van der Waals surface area contributed by atoms with Gasteiger partial charge in [0.25, 0.3) is 0 Å². The average molecular weight is 483 g/mol. The van der Waals surface area contributed by atoms with E-state index in [1.165, 1.54) is 77.6 Å². The maximum absolute atomic E-state index is 11.5. The van der Waals surface area contributed by atoms with Crippen molar-refractivity contribution in [3.63, 3.8) is 0 Å². The average Bonchev–Trinajstić information content (AvgIpc) is 2.76. The minimum Gasteiger partial charge on any atom is -0.370 e. The number of primary amides is 2. The van der Waals surface area contributed by atoms with Crippen LogP contribution in [0.5, 0.6) is 0 Å². The number of nitrogens with two attached hydrogens (primary N) is 2. The van der Waals surface area contributed by atoms with E-state index in [1.807, 2.05) is 13.8 Å². The predicted molar refractivity (Wildman–Crippen MR) is 141 cm³/mol. The van der Waals surface area contributed by atoms with Gasteiger partial charge in [-0.3, -0.25) is 14.4 Å². The predicted octanol–water partition coefficient (Wildman–Crippen LogP) is 6.42. The molecule has 0 heterocycles. The van der Waals surface area contributed by atoms with Crippen LogP contribution in [-0.2, 0) is 19.2 Å². The highest BCUT2D eigenvalue weighted by Gasteiger charge is 2.08. The highest BCUT2D eigenvalue weighted by Crippen LogP contribution is 2.14. The second-order valence-corrected chi connectivity index (χ2v) is 10.1. The van der Waals surface area contributed by atoms with E-state index < -0.39 is 0 Å². The molecule has 0 radical (unpaired) electrons. The summed E-state index contributed by atoms with van der Waals surface area (Å²) in [7, 11) is 0. The Kier molecular flexibility index (Phi) is 24.7. The second-order valence-electron chi connectivity index (χ2n) is 10.1. The number of unbranched alkanes of at least 4 members (excludes halogenated alkanes) is 13. The van der Waals surface area contributed by atoms with E-state index >= 15 is 0 Å². The second kappa shape index (κ2) is 24.4. The lowest BCUT2D eigenvalue weighted by Gasteiger charge is -2.04. The molecule has 6 nitrogen and oxygen atoms in total. The van der Waals surface area contributed by atoms with E-state index in [-0.39, 0.29) is 29.4 Å². The summed E-state index contributed by atoms with van der Waals surface area (Å²) in [4.78, 5) is 42.9. The molecule has 0 aliphatic rings. The number of carbonyl (C=O) groups excluding carboxylic acids is 4. The quantitative estimate of drug-likeness (QED) is 0.173. The molecule has 1 unspecified atom stereocenters. The van der Waals surface area contributed by atoms with Crippen molar-refractivity contribution in [1.82, 2.24) is 0 Å². The zero-order chi connectivity index (χ0) is 26.2. The molecule has 1 atom stereocenters. The molecule has 4 N–H and O–H groups in total. The van der Waals surface area contributed by atoms with Crippen molar-refractivity contribution in [1.29, 1.82) is 0 Å². The van der Waals surface area contributed by atoms with Crippen molar-refractivity contribution < 1.29 is 19.2 Å². The van der Waals surface area contributed by atoms with E-state index in [9.17, 15) is 19.2 Å². The summed E-state index contributed by atoms with van der Waals surface area (Å²) in [5, 5.41) is 0. The molecule has 0 aromatic carbocycles. The Morgan fingerprint density at radius 1 is 0.559 bits per heavy atom. The zero-order valence-corrected chi connectivity index (χ0v) is 22.7. The number of hydrogen-bond acceptors (Lipinski definition) is 4. The smallest absolute Gasteiger partial charge is 0.220 e. The maximum Gasteiger partial charge on any atom is 0.220 e. The summed E-state index contributed by atoms with van der Waals surface area (Å²) < 4.78 is 0. The maximum atomic E-state index is 11.5. The lowest BCUT2D eigenvalue weighted by Crippen LogP contribution is -2.20. The van der Waals surface area contributed by atoms with Crippen LogP contribution in [-0.4, -0.2) is 23.4 Å². The Labute approximate surface area is 209 Å². The van der Waals surface area contributed by atoms with Gasteiger partial charge in [-0.1, -0.05) is 97.8 Å². The molecule has 0 aliphatic heterocycles. The third-order valence-corrected chi connectivity index (χ3v) is 6.16. The monoisotopic (exact) mass is 482 g/mol. The largest absolute Gasteiger partial charge is 0.370 e. The summed E-state index contributed by atoms with van der Waals surface area (Å²) in [5.41, 5.74) is 10.1. The van der Waals surface area contributed by atoms with Crippen molar-refractivity contribution in [3.8, 4) is 0 Å². The van der Waals surface area contributed by atoms with Crippen LogP contribution in [0.25, 0.3) is 0 Å². The Morgan fingerprint density at radius 3 is 1.21 bits per heavy atom. The molecule has 0 saturated carbocycles. The number of rotatable bonds is 22. The molecular weight excluding hydrogens is 428 g/mol. The van der Waals surface area contributed by atoms with Crippen molar-refractivity contribution in [2.24, 2.45) is 23.3 Å². The van der Waals surface area contributed by atoms with Gasteiger partial charge in [-0.15, -0.1) is 0 Å². The van der Waals surface area contributed by atoms with Crippen LogP contribution in [0.2, 0.25) is 0 Å². The highest BCUT2D eigenvalue weighted by atomic mass is 16.1. The summed E-state index contributed by atoms with van der Waals surface area (Å²) in [6, 6.07) is 0. The van der Waals surface area contributed by atoms with E-state index in [0.29, 0.717) is 25.0 Å². The van der Waals surface area contributed by atoms with E-state index in [1.54, 1.807) is 6.92 Å². The van der Waals surface area contributed by atoms with Crippen molar-refractivity contribution in [2.45, 2.75) is 143 Å². The molecule has 6 heteroatoms. The zero-order valence-electron chi connectivity index (χ0n) is 22.7. The standard InChI is InChI=1S/C21H41NO2.C7H13NO2/c1-19(2)20(23)17-15-13-11-9-7-5-3-4-6-8-10-12-14-16-18-21(22)24;1-5(7(8)10)3-4-6(2)9/h19H,3-18H2,1-2H3,(H2,22,24);5H,3-4H2,1-2H3,(H2,8,10). The van der Waals surface area contributed by atoms with Gasteiger partial charge >= 0.3 is 0 Å². The van der Waals surface area contributed by atoms with Gasteiger partial charge < -0.3 is 16.3 Å². The summed E-state index contributed by atoms with van der Waals surface area (Å²) in [5.74, 6) is 0.0558. The van der Waals surface area contributed by atoms with Crippen molar-refractivity contribution in [3.05, 3.63) is 0 Å². The van der Waals surface area contributed by atoms with Gasteiger partial charge in [0, 0.05) is 31.1 Å². The van der Waals surface area contributed by atoms with Gasteiger partial charge in [0.1, 0.15) is 11.6 Å². The highest BCUT2D eigenvalue weighted by molar-refractivity contribution is 5.80. The summed E-state index contributed by atoms with van der Waals surface area (Å²) in [6.45, 7) is 7.22. The molecule has 0 aromatic rings. The Bertz CT molecular complexity index is 547. The molecule has 200 valence electrons. The van der Waals surface area contributed by atoms with Crippen LogP contribution in [0.4, 0.5) is 0 Å². The third-order valence-electron chi connectivity index (χ3n) is 6.16. The number of ketones is 2. The fraction of sp³-hybridized carbons (Fsp3) is 0.857. The Balaban J connectivity index is 0. The molecule has 2 amide bonds. The van der Waals surface area contributed by atoms with Crippen LogP contribution in [0.15, 0.2) is 0 Å². The lowest BCUT2D eigenvalue weighted by molar-refractivity contribution is -0.123. The molecule has 0 aromatic heterocycles. The number of carbonyl (C=O) groups is 4. The van der Waals surface area contributed by atoms with Gasteiger partial charge in [-0.2, -0.15) is 0 Å². The molecule has 0 fully saturated rings. The van der Waals surface area contributed by atoms with Crippen molar-refractivity contribution >= 4 is 23.4 Å². The molecule has 0 saturated heterocycles. The van der Waals surface area contributed by atoms with Crippen LogP contribution in [0, 0.1) is 11.8 Å². The first kappa shape index (κ1) is 34.4. The molecule has 0 spiro atoms. The number of hydrogen-bond donors (Lipinski definition) is 2. The van der Waals surface area contributed by atoms with E-state index in [4.69, 9.17) is 11.5 Å². The Morgan fingerprint density at radius 2 is 0.912 bits per heavy atom. The fourth-order valence-corrected chi connectivity index (χ4v) is 3.57. The Hall–Kier alpha value is -1.72. The topological polar surface area (TPSA) is 120 Å². The summed E-state index contributed by atoms with van der Waals surface area (Å²) in [6.07, 6.45) is 20.0. The first-order valence-corrected chi connectivity index (χ1v) is 13.7. The fourth-order valence-electron chi connectivity index (χ4n) is 3.57. The molecule has 0 rings (SSSR count). The number of amides is 2. The first-order chi connectivity index (χ1) is 16.1. The van der Waals surface area contributed by atoms with Gasteiger partial charge in [-0.25, -0.2) is 0 Å². The van der Waals surface area contributed by atoms with Gasteiger partial charge in [-0.05, 0) is 26.2 Å². The lowest BCUT2D eigenvalue weighted by atomic mass is 10.0. The number of Topliss-reactive ketones (excluding diaryl/α,β-unsaturated/α-hetero) is 2. The van der Waals surface area contributed by atoms with E-state index in [2.05, 4.69) is 0 Å².